The number of aliphatic carboxylic acids is 1. The number of ether oxygens (including phenoxy) is 1. The maximum Gasteiger partial charge on any atom is 0.324 e. The number of carboxylic acid groups (broad SMARTS) is 1. The summed E-state index contributed by atoms with van der Waals surface area (Å²) in [6.07, 6.45) is -0.0694. The first-order valence-electron chi connectivity index (χ1n) is 3.51. The lowest BCUT2D eigenvalue weighted by atomic mass is 10.3. The fourth-order valence-corrected chi connectivity index (χ4v) is 0.542. The Kier molecular flexibility index (Phi) is 4.67. The molecule has 0 fully saturated rings. The Morgan fingerprint density at radius 1 is 1.25 bits per heavy atom. The summed E-state index contributed by atoms with van der Waals surface area (Å²) in [4.78, 5) is 31.1. The average Bonchev–Trinajstić information content (AvgIpc) is 1.84. The van der Waals surface area contributed by atoms with Gasteiger partial charge >= 0.3 is 17.9 Å². The highest BCUT2D eigenvalue weighted by molar-refractivity contribution is 5.95. The first kappa shape index (κ1) is 10.6. The van der Waals surface area contributed by atoms with Crippen LogP contribution in [-0.2, 0) is 19.1 Å². The van der Waals surface area contributed by atoms with Crippen molar-refractivity contribution >= 4 is 17.9 Å². The summed E-state index contributed by atoms with van der Waals surface area (Å²) in [5, 5.41) is 8.11. The van der Waals surface area contributed by atoms with E-state index in [9.17, 15) is 14.4 Å². The molecule has 0 unspecified atom stereocenters. The van der Waals surface area contributed by atoms with E-state index in [1.165, 1.54) is 0 Å². The molecule has 0 aromatic carbocycles. The van der Waals surface area contributed by atoms with Crippen LogP contribution < -0.4 is 0 Å². The van der Waals surface area contributed by atoms with Crippen molar-refractivity contribution in [2.45, 2.75) is 26.2 Å². The molecule has 0 rings (SSSR count). The smallest absolute Gasteiger partial charge is 0.324 e. The summed E-state index contributed by atoms with van der Waals surface area (Å²) in [7, 11) is 0. The zero-order valence-corrected chi connectivity index (χ0v) is 6.70. The minimum Gasteiger partial charge on any atom is -0.481 e. The second-order valence-electron chi connectivity index (χ2n) is 2.17. The van der Waals surface area contributed by atoms with Crippen LogP contribution in [0.1, 0.15) is 26.2 Å². The fourth-order valence-electron chi connectivity index (χ4n) is 0.542. The Hall–Kier alpha value is -1.39. The number of carbonyl (C=O) groups excluding carboxylic acids is 2. The van der Waals surface area contributed by atoms with Gasteiger partial charge in [-0.05, 0) is 6.42 Å². The van der Waals surface area contributed by atoms with Crippen LogP contribution in [-0.4, -0.2) is 23.0 Å². The molecule has 0 amide bonds. The van der Waals surface area contributed by atoms with Crippen LogP contribution in [0.3, 0.4) is 0 Å². The number of hydrogen-bond acceptors (Lipinski definition) is 4. The van der Waals surface area contributed by atoms with E-state index >= 15 is 0 Å². The molecule has 1 N–H and O–H groups in total. The molecule has 0 spiro atoms. The van der Waals surface area contributed by atoms with Gasteiger partial charge in [-0.3, -0.25) is 14.4 Å². The van der Waals surface area contributed by atoms with Gasteiger partial charge in [0.2, 0.25) is 0 Å². The molecular formula is C7H10O5. The highest BCUT2D eigenvalue weighted by atomic mass is 16.6. The van der Waals surface area contributed by atoms with Crippen LogP contribution in [0.15, 0.2) is 0 Å². The van der Waals surface area contributed by atoms with Crippen molar-refractivity contribution in [3.8, 4) is 0 Å². The Labute approximate surface area is 69.3 Å². The van der Waals surface area contributed by atoms with E-state index in [1.807, 2.05) is 0 Å². The third-order valence-corrected chi connectivity index (χ3v) is 0.977. The maximum absolute atomic E-state index is 10.6. The number of esters is 2. The lowest BCUT2D eigenvalue weighted by Gasteiger charge is -1.98. The van der Waals surface area contributed by atoms with Crippen molar-refractivity contribution in [2.24, 2.45) is 0 Å². The molecule has 0 aromatic heterocycles. The van der Waals surface area contributed by atoms with E-state index in [2.05, 4.69) is 4.74 Å². The van der Waals surface area contributed by atoms with Gasteiger partial charge in [-0.1, -0.05) is 6.92 Å². The lowest BCUT2D eigenvalue weighted by molar-refractivity contribution is -0.161. The van der Waals surface area contributed by atoms with Gasteiger partial charge in [0.05, 0.1) is 0 Å². The van der Waals surface area contributed by atoms with Crippen molar-refractivity contribution in [3.63, 3.8) is 0 Å². The van der Waals surface area contributed by atoms with Gasteiger partial charge in [-0.15, -0.1) is 0 Å². The molecule has 0 aliphatic rings. The second-order valence-corrected chi connectivity index (χ2v) is 2.17. The number of carbonyl (C=O) groups is 3. The molecule has 68 valence electrons. The van der Waals surface area contributed by atoms with Crippen molar-refractivity contribution in [2.75, 3.05) is 0 Å². The number of rotatable bonds is 4. The van der Waals surface area contributed by atoms with Gasteiger partial charge in [0.25, 0.3) is 0 Å². The van der Waals surface area contributed by atoms with E-state index in [-0.39, 0.29) is 6.42 Å². The third-order valence-electron chi connectivity index (χ3n) is 0.977. The molecule has 5 nitrogen and oxygen atoms in total. The van der Waals surface area contributed by atoms with Gasteiger partial charge in [-0.2, -0.15) is 0 Å². The van der Waals surface area contributed by atoms with Gasteiger partial charge in [0, 0.05) is 6.42 Å². The van der Waals surface area contributed by atoms with Crippen LogP contribution in [0.5, 0.6) is 0 Å². The predicted octanol–water partition coefficient (Wildman–Crippen LogP) is 0.331. The Balaban J connectivity index is 3.69. The van der Waals surface area contributed by atoms with Gasteiger partial charge in [-0.25, -0.2) is 0 Å². The maximum atomic E-state index is 10.6. The number of hydrogen-bond donors (Lipinski definition) is 1. The molecule has 0 bridgehead atoms. The first-order chi connectivity index (χ1) is 5.56. The van der Waals surface area contributed by atoms with Crippen LogP contribution in [0.25, 0.3) is 0 Å². The molecule has 0 heterocycles. The summed E-state index contributed by atoms with van der Waals surface area (Å²) in [5.74, 6) is -2.99. The van der Waals surface area contributed by atoms with Crippen molar-refractivity contribution < 1.29 is 24.2 Å². The van der Waals surface area contributed by atoms with E-state index < -0.39 is 24.3 Å². The average molecular weight is 174 g/mol. The molecule has 0 aliphatic carbocycles. The van der Waals surface area contributed by atoms with Gasteiger partial charge in [0.15, 0.2) is 0 Å². The highest BCUT2D eigenvalue weighted by Crippen LogP contribution is 1.94. The summed E-state index contributed by atoms with van der Waals surface area (Å²) in [6, 6.07) is 0. The van der Waals surface area contributed by atoms with E-state index in [4.69, 9.17) is 5.11 Å². The summed E-state index contributed by atoms with van der Waals surface area (Å²) < 4.78 is 4.14. The fraction of sp³-hybridized carbons (Fsp3) is 0.571. The summed E-state index contributed by atoms with van der Waals surface area (Å²) in [5.41, 5.74) is 0. The quantitative estimate of drug-likeness (QED) is 0.490. The summed E-state index contributed by atoms with van der Waals surface area (Å²) in [6.45, 7) is 1.75. The molecule has 0 aromatic rings. The second kappa shape index (κ2) is 5.29. The third kappa shape index (κ3) is 5.40. The molecular weight excluding hydrogens is 164 g/mol. The van der Waals surface area contributed by atoms with Crippen LogP contribution in [0.4, 0.5) is 0 Å². The zero-order valence-electron chi connectivity index (χ0n) is 6.70. The normalized spacial score (nSPS) is 9.08. The molecule has 0 radical (unpaired) electrons. The minimum atomic E-state index is -1.30. The molecule has 0 aliphatic heterocycles. The summed E-state index contributed by atoms with van der Waals surface area (Å²) >= 11 is 0. The van der Waals surface area contributed by atoms with E-state index in [1.54, 1.807) is 6.92 Å². The molecule has 0 saturated heterocycles. The standard InChI is InChI=1S/C7H10O5/c1-2-3-6(10)12-7(11)4-5(8)9/h2-4H2,1H3,(H,8,9). The van der Waals surface area contributed by atoms with Gasteiger partial charge < -0.3 is 9.84 Å². The highest BCUT2D eigenvalue weighted by Gasteiger charge is 2.12. The largest absolute Gasteiger partial charge is 0.481 e. The van der Waals surface area contributed by atoms with E-state index in [0.717, 1.165) is 0 Å². The van der Waals surface area contributed by atoms with Crippen molar-refractivity contribution in [1.29, 1.82) is 0 Å². The minimum absolute atomic E-state index is 0.130. The van der Waals surface area contributed by atoms with Crippen LogP contribution >= 0.6 is 0 Å². The predicted molar refractivity (Wildman–Crippen MR) is 38.3 cm³/mol. The first-order valence-corrected chi connectivity index (χ1v) is 3.51. The Morgan fingerprint density at radius 3 is 2.25 bits per heavy atom. The van der Waals surface area contributed by atoms with E-state index in [0.29, 0.717) is 6.42 Å². The molecule has 5 heteroatoms. The Morgan fingerprint density at radius 2 is 1.83 bits per heavy atom. The lowest BCUT2D eigenvalue weighted by Crippen LogP contribution is -2.15. The van der Waals surface area contributed by atoms with Gasteiger partial charge in [0.1, 0.15) is 6.42 Å². The number of carboxylic acids is 1. The van der Waals surface area contributed by atoms with Crippen molar-refractivity contribution in [3.05, 3.63) is 0 Å². The zero-order chi connectivity index (χ0) is 9.56. The van der Waals surface area contributed by atoms with Crippen LogP contribution in [0, 0.1) is 0 Å². The molecule has 0 atom stereocenters. The molecule has 12 heavy (non-hydrogen) atoms. The Bertz CT molecular complexity index is 196. The van der Waals surface area contributed by atoms with Crippen molar-refractivity contribution in [1.82, 2.24) is 0 Å². The monoisotopic (exact) mass is 174 g/mol. The van der Waals surface area contributed by atoms with Crippen LogP contribution in [0.2, 0.25) is 0 Å². The molecule has 0 saturated carbocycles. The SMILES string of the molecule is CCCC(=O)OC(=O)CC(=O)O. The topological polar surface area (TPSA) is 80.7 Å².